The van der Waals surface area contributed by atoms with E-state index < -0.39 is 6.36 Å². The van der Waals surface area contributed by atoms with Gasteiger partial charge in [-0.25, -0.2) is 0 Å². The van der Waals surface area contributed by atoms with Crippen molar-refractivity contribution in [3.8, 4) is 16.9 Å². The molecule has 0 saturated heterocycles. The van der Waals surface area contributed by atoms with Crippen molar-refractivity contribution in [2.75, 3.05) is 0 Å². The van der Waals surface area contributed by atoms with Gasteiger partial charge in [-0.1, -0.05) is 31.6 Å². The largest absolute Gasteiger partial charge is 0.573 e. The van der Waals surface area contributed by atoms with Crippen LogP contribution >= 0.6 is 0 Å². The number of ether oxygens (including phenoxy) is 1. The predicted molar refractivity (Wildman–Crippen MR) is 81.9 cm³/mol. The third kappa shape index (κ3) is 3.57. The Morgan fingerprint density at radius 1 is 1.26 bits per heavy atom. The van der Waals surface area contributed by atoms with Crippen LogP contribution in [0.2, 0.25) is 0 Å². The Morgan fingerprint density at radius 2 is 2.00 bits per heavy atom. The molecule has 0 amide bonds. The number of benzene rings is 1. The summed E-state index contributed by atoms with van der Waals surface area (Å²) in [5.74, 6) is -0.228. The number of aromatic nitrogens is 2. The fourth-order valence-electron chi connectivity index (χ4n) is 2.96. The third-order valence-electron chi connectivity index (χ3n) is 4.08. The summed E-state index contributed by atoms with van der Waals surface area (Å²) in [5.41, 5.74) is 1.70. The molecule has 0 N–H and O–H groups in total. The number of alkyl halides is 3. The van der Waals surface area contributed by atoms with E-state index in [1.807, 2.05) is 4.68 Å². The predicted octanol–water partition coefficient (Wildman–Crippen LogP) is 5.21. The summed E-state index contributed by atoms with van der Waals surface area (Å²) in [7, 11) is 0. The van der Waals surface area contributed by atoms with Crippen LogP contribution < -0.4 is 4.74 Å². The summed E-state index contributed by atoms with van der Waals surface area (Å²) in [5, 5.41) is 4.32. The van der Waals surface area contributed by atoms with Crippen molar-refractivity contribution in [1.82, 2.24) is 9.78 Å². The molecule has 2 aromatic rings. The van der Waals surface area contributed by atoms with Gasteiger partial charge in [0.2, 0.25) is 0 Å². The maximum atomic E-state index is 12.6. The highest BCUT2D eigenvalue weighted by molar-refractivity contribution is 5.72. The number of nitrogens with zero attached hydrogens (tertiary/aromatic N) is 2. The Hall–Kier alpha value is -2.24. The zero-order valence-electron chi connectivity index (χ0n) is 12.5. The first-order valence-corrected chi connectivity index (χ1v) is 7.53. The van der Waals surface area contributed by atoms with E-state index in [1.165, 1.54) is 6.07 Å². The molecule has 0 bridgehead atoms. The molecule has 3 rings (SSSR count). The first kappa shape index (κ1) is 15.6. The van der Waals surface area contributed by atoms with Crippen LogP contribution in [0.5, 0.6) is 5.75 Å². The van der Waals surface area contributed by atoms with Crippen LogP contribution in [-0.2, 0) is 0 Å². The Bertz CT molecular complexity index is 700. The molecule has 1 aromatic carbocycles. The summed E-state index contributed by atoms with van der Waals surface area (Å²) in [6.45, 7) is 3.65. The molecule has 1 saturated carbocycles. The number of hydrogen-bond acceptors (Lipinski definition) is 2. The quantitative estimate of drug-likeness (QED) is 0.773. The second-order valence-electron chi connectivity index (χ2n) is 5.65. The normalized spacial score (nSPS) is 15.8. The molecule has 23 heavy (non-hydrogen) atoms. The molecule has 0 radical (unpaired) electrons. The van der Waals surface area contributed by atoms with Gasteiger partial charge in [-0.2, -0.15) is 5.10 Å². The standard InChI is InChI=1S/C17H17F3N2O/c1-2-12-7-8-16(23-17(18,19)20)15(9-12)13-10-21-22(11-13)14-5-3-4-6-14/h2,7-11,14H,1,3-6H2. The summed E-state index contributed by atoms with van der Waals surface area (Å²) >= 11 is 0. The molecule has 6 heteroatoms. The van der Waals surface area contributed by atoms with Crippen molar-refractivity contribution in [2.45, 2.75) is 38.1 Å². The molecule has 0 spiro atoms. The SMILES string of the molecule is C=Cc1ccc(OC(F)(F)F)c(-c2cnn(C3CCCC3)c2)c1. The minimum absolute atomic E-state index is 0.228. The topological polar surface area (TPSA) is 27.1 Å². The van der Waals surface area contributed by atoms with Crippen molar-refractivity contribution in [3.63, 3.8) is 0 Å². The molecular formula is C17H17F3N2O. The molecule has 3 nitrogen and oxygen atoms in total. The van der Waals surface area contributed by atoms with E-state index in [0.717, 1.165) is 31.2 Å². The highest BCUT2D eigenvalue weighted by atomic mass is 19.4. The smallest absolute Gasteiger partial charge is 0.405 e. The first-order chi connectivity index (χ1) is 11.0. The molecule has 1 aliphatic rings. The van der Waals surface area contributed by atoms with E-state index in [4.69, 9.17) is 0 Å². The minimum Gasteiger partial charge on any atom is -0.405 e. The molecule has 1 heterocycles. The summed E-state index contributed by atoms with van der Waals surface area (Å²) in [6.07, 6.45) is 4.67. The van der Waals surface area contributed by atoms with Gasteiger partial charge in [0.05, 0.1) is 12.2 Å². The fraction of sp³-hybridized carbons (Fsp3) is 0.353. The van der Waals surface area contributed by atoms with E-state index >= 15 is 0 Å². The van der Waals surface area contributed by atoms with Gasteiger partial charge < -0.3 is 4.74 Å². The van der Waals surface area contributed by atoms with Crippen molar-refractivity contribution >= 4 is 6.08 Å². The van der Waals surface area contributed by atoms with Gasteiger partial charge in [0, 0.05) is 17.3 Å². The van der Waals surface area contributed by atoms with Gasteiger partial charge in [-0.3, -0.25) is 4.68 Å². The number of rotatable bonds is 4. The van der Waals surface area contributed by atoms with Crippen LogP contribution in [-0.4, -0.2) is 16.1 Å². The second kappa shape index (κ2) is 6.10. The lowest BCUT2D eigenvalue weighted by Crippen LogP contribution is -2.17. The first-order valence-electron chi connectivity index (χ1n) is 7.53. The average Bonchev–Trinajstić information content (AvgIpc) is 3.17. The van der Waals surface area contributed by atoms with Gasteiger partial charge in [-0.05, 0) is 30.5 Å². The highest BCUT2D eigenvalue weighted by Gasteiger charge is 2.32. The fourth-order valence-corrected chi connectivity index (χ4v) is 2.96. The van der Waals surface area contributed by atoms with Gasteiger partial charge >= 0.3 is 6.36 Å². The van der Waals surface area contributed by atoms with Crippen LogP contribution in [0.1, 0.15) is 37.3 Å². The molecular weight excluding hydrogens is 305 g/mol. The molecule has 1 aromatic heterocycles. The van der Waals surface area contributed by atoms with Gasteiger partial charge in [0.1, 0.15) is 5.75 Å². The number of halogens is 3. The Balaban J connectivity index is 1.97. The van der Waals surface area contributed by atoms with E-state index in [1.54, 1.807) is 30.6 Å². The zero-order valence-corrected chi connectivity index (χ0v) is 12.5. The van der Waals surface area contributed by atoms with E-state index in [-0.39, 0.29) is 5.75 Å². The van der Waals surface area contributed by atoms with Crippen molar-refractivity contribution < 1.29 is 17.9 Å². The molecule has 1 fully saturated rings. The highest BCUT2D eigenvalue weighted by Crippen LogP contribution is 2.36. The third-order valence-corrected chi connectivity index (χ3v) is 4.08. The van der Waals surface area contributed by atoms with Crippen LogP contribution in [0, 0.1) is 0 Å². The second-order valence-corrected chi connectivity index (χ2v) is 5.65. The Kier molecular flexibility index (Phi) is 4.15. The molecule has 0 aliphatic heterocycles. The molecule has 122 valence electrons. The van der Waals surface area contributed by atoms with E-state index in [2.05, 4.69) is 16.4 Å². The zero-order chi connectivity index (χ0) is 16.4. The van der Waals surface area contributed by atoms with Gasteiger partial charge in [0.15, 0.2) is 0 Å². The van der Waals surface area contributed by atoms with Crippen molar-refractivity contribution in [2.24, 2.45) is 0 Å². The maximum Gasteiger partial charge on any atom is 0.573 e. The summed E-state index contributed by atoms with van der Waals surface area (Å²) in [6, 6.07) is 4.81. The number of hydrogen-bond donors (Lipinski definition) is 0. The Labute approximate surface area is 132 Å². The minimum atomic E-state index is -4.73. The lowest BCUT2D eigenvalue weighted by molar-refractivity contribution is -0.274. The van der Waals surface area contributed by atoms with Crippen LogP contribution in [0.3, 0.4) is 0 Å². The van der Waals surface area contributed by atoms with Gasteiger partial charge in [0.25, 0.3) is 0 Å². The lowest BCUT2D eigenvalue weighted by atomic mass is 10.0. The molecule has 0 unspecified atom stereocenters. The lowest BCUT2D eigenvalue weighted by Gasteiger charge is -2.13. The molecule has 0 atom stereocenters. The van der Waals surface area contributed by atoms with Crippen LogP contribution in [0.15, 0.2) is 37.2 Å². The molecule has 1 aliphatic carbocycles. The Morgan fingerprint density at radius 3 is 2.65 bits per heavy atom. The van der Waals surface area contributed by atoms with E-state index in [9.17, 15) is 13.2 Å². The maximum absolute atomic E-state index is 12.6. The van der Waals surface area contributed by atoms with Crippen molar-refractivity contribution in [3.05, 3.63) is 42.7 Å². The van der Waals surface area contributed by atoms with E-state index in [0.29, 0.717) is 17.2 Å². The van der Waals surface area contributed by atoms with Crippen LogP contribution in [0.25, 0.3) is 17.2 Å². The average molecular weight is 322 g/mol. The van der Waals surface area contributed by atoms with Gasteiger partial charge in [-0.15, -0.1) is 13.2 Å². The monoisotopic (exact) mass is 322 g/mol. The summed E-state index contributed by atoms with van der Waals surface area (Å²) in [4.78, 5) is 0. The van der Waals surface area contributed by atoms with Crippen molar-refractivity contribution in [1.29, 1.82) is 0 Å². The van der Waals surface area contributed by atoms with Crippen LogP contribution in [0.4, 0.5) is 13.2 Å². The summed E-state index contributed by atoms with van der Waals surface area (Å²) < 4.78 is 43.8.